The second-order valence-corrected chi connectivity index (χ2v) is 5.82. The van der Waals surface area contributed by atoms with E-state index in [4.69, 9.17) is 10.5 Å². The normalized spacial score (nSPS) is 9.86. The smallest absolute Gasteiger partial charge is 0.252 e. The van der Waals surface area contributed by atoms with Gasteiger partial charge in [-0.05, 0) is 48.5 Å². The Hall–Kier alpha value is -3.98. The van der Waals surface area contributed by atoms with Gasteiger partial charge in [-0.15, -0.1) is 0 Å². The first-order chi connectivity index (χ1) is 13.6. The predicted molar refractivity (Wildman–Crippen MR) is 106 cm³/mol. The average molecular weight is 373 g/mol. The average Bonchev–Trinajstić information content (AvgIpc) is 3.25. The molecule has 3 rings (SSSR count). The highest BCUT2D eigenvalue weighted by atomic mass is 16.5. The lowest BCUT2D eigenvalue weighted by Crippen LogP contribution is -2.23. The fourth-order valence-corrected chi connectivity index (χ4v) is 2.54. The molecule has 0 bridgehead atoms. The third-order valence-electron chi connectivity index (χ3n) is 3.95. The number of para-hydroxylation sites is 1. The van der Waals surface area contributed by atoms with Crippen LogP contribution < -0.4 is 15.8 Å². The van der Waals surface area contributed by atoms with Gasteiger partial charge in [0.25, 0.3) is 11.8 Å². The molecule has 28 heavy (non-hydrogen) atoms. The van der Waals surface area contributed by atoms with Gasteiger partial charge in [-0.2, -0.15) is 0 Å². The molecule has 0 unspecified atom stereocenters. The van der Waals surface area contributed by atoms with Crippen molar-refractivity contribution in [1.29, 1.82) is 0 Å². The molecule has 3 N–H and O–H groups in total. The molecule has 1 heterocycles. The fourth-order valence-electron chi connectivity index (χ4n) is 2.54. The Balaban J connectivity index is 1.47. The first kappa shape index (κ1) is 18.8. The Morgan fingerprint density at radius 3 is 2.39 bits per heavy atom. The molecule has 0 atom stereocenters. The number of carbonyl (C=O) groups excluding carboxylic acids is 2. The molecule has 0 fully saturated rings. The maximum Gasteiger partial charge on any atom is 0.252 e. The largest absolute Gasteiger partial charge is 0.480 e. The first-order valence-corrected chi connectivity index (χ1v) is 8.64. The lowest BCUT2D eigenvalue weighted by atomic mass is 10.2. The van der Waals surface area contributed by atoms with Crippen LogP contribution in [-0.4, -0.2) is 29.5 Å². The van der Waals surface area contributed by atoms with E-state index in [0.717, 1.165) is 5.69 Å². The Morgan fingerprint density at radius 2 is 1.68 bits per heavy atom. The number of benzene rings is 2. The van der Waals surface area contributed by atoms with E-state index in [1.165, 1.54) is 0 Å². The minimum Gasteiger partial charge on any atom is -0.480 e. The number of carbonyl (C=O) groups is 2. The molecule has 2 aromatic carbocycles. The molecule has 140 valence electrons. The predicted octanol–water partition coefficient (Wildman–Crippen LogP) is 2.39. The zero-order valence-electron chi connectivity index (χ0n) is 15.1. The molecule has 6 nitrogen and oxygen atoms in total. The van der Waals surface area contributed by atoms with Gasteiger partial charge in [-0.25, -0.2) is 0 Å². The fraction of sp³-hybridized carbons (Fsp3) is 0.0909. The van der Waals surface area contributed by atoms with Crippen molar-refractivity contribution in [3.05, 3.63) is 84.2 Å². The molecule has 0 saturated heterocycles. The van der Waals surface area contributed by atoms with Gasteiger partial charge in [0.15, 0.2) is 0 Å². The van der Waals surface area contributed by atoms with Gasteiger partial charge in [0.05, 0.1) is 12.1 Å². The van der Waals surface area contributed by atoms with Gasteiger partial charge < -0.3 is 20.4 Å². The molecule has 2 amide bonds. The van der Waals surface area contributed by atoms with Crippen LogP contribution in [0.15, 0.2) is 73.1 Å². The van der Waals surface area contributed by atoms with Gasteiger partial charge >= 0.3 is 0 Å². The number of aromatic nitrogens is 1. The van der Waals surface area contributed by atoms with Crippen molar-refractivity contribution < 1.29 is 14.3 Å². The van der Waals surface area contributed by atoms with Crippen LogP contribution in [0.1, 0.15) is 20.7 Å². The first-order valence-electron chi connectivity index (χ1n) is 8.64. The number of nitrogens with one attached hydrogen (secondary N) is 1. The van der Waals surface area contributed by atoms with Crippen LogP contribution in [0, 0.1) is 11.8 Å². The van der Waals surface area contributed by atoms with Gasteiger partial charge in [0.2, 0.25) is 0 Å². The molecule has 0 radical (unpaired) electrons. The molecule has 1 aromatic heterocycles. The van der Waals surface area contributed by atoms with Crippen molar-refractivity contribution in [3.63, 3.8) is 0 Å². The van der Waals surface area contributed by atoms with E-state index in [1.54, 1.807) is 36.4 Å². The van der Waals surface area contributed by atoms with Gasteiger partial charge in [0.1, 0.15) is 12.4 Å². The second-order valence-electron chi connectivity index (χ2n) is 5.82. The van der Waals surface area contributed by atoms with Crippen LogP contribution >= 0.6 is 0 Å². The number of hydrogen-bond acceptors (Lipinski definition) is 3. The van der Waals surface area contributed by atoms with Crippen molar-refractivity contribution in [2.45, 2.75) is 0 Å². The van der Waals surface area contributed by atoms with E-state index in [9.17, 15) is 9.59 Å². The Kier molecular flexibility index (Phi) is 6.11. The number of nitrogens with zero attached hydrogens (tertiary/aromatic N) is 1. The number of nitrogens with two attached hydrogens (primary N) is 1. The van der Waals surface area contributed by atoms with E-state index in [-0.39, 0.29) is 19.1 Å². The third kappa shape index (κ3) is 4.80. The lowest BCUT2D eigenvalue weighted by molar-refractivity contribution is 0.0957. The van der Waals surface area contributed by atoms with Gasteiger partial charge in [0, 0.05) is 23.6 Å². The maximum atomic E-state index is 12.1. The number of amides is 2. The van der Waals surface area contributed by atoms with Crippen LogP contribution in [-0.2, 0) is 0 Å². The van der Waals surface area contributed by atoms with E-state index in [1.807, 2.05) is 41.2 Å². The third-order valence-corrected chi connectivity index (χ3v) is 3.95. The van der Waals surface area contributed by atoms with Crippen LogP contribution in [0.3, 0.4) is 0 Å². The minimum absolute atomic E-state index is 0.0890. The van der Waals surface area contributed by atoms with E-state index in [2.05, 4.69) is 17.2 Å². The Labute approximate surface area is 162 Å². The lowest BCUT2D eigenvalue weighted by Gasteiger charge is -2.06. The van der Waals surface area contributed by atoms with E-state index >= 15 is 0 Å². The number of primary amides is 1. The summed E-state index contributed by atoms with van der Waals surface area (Å²) in [7, 11) is 0. The number of rotatable bonds is 6. The van der Waals surface area contributed by atoms with E-state index < -0.39 is 5.91 Å². The summed E-state index contributed by atoms with van der Waals surface area (Å²) in [6, 6.07) is 17.9. The standard InChI is InChI=1S/C22H19N3O3/c23-21(26)19-7-1-2-8-20(19)28-16-6-3-13-24-22(27)17-9-11-18(12-10-17)25-14-4-5-15-25/h1-2,4-5,7-12,14-15H,13,16H2,(H2,23,26)(H,24,27). The molecular formula is C22H19N3O3. The molecule has 0 aliphatic rings. The molecule has 3 aromatic rings. The SMILES string of the molecule is NC(=O)c1ccccc1OCC#CCNC(=O)c1ccc(-n2cccc2)cc1. The molecule has 0 saturated carbocycles. The Morgan fingerprint density at radius 1 is 0.964 bits per heavy atom. The summed E-state index contributed by atoms with van der Waals surface area (Å²) in [6.45, 7) is 0.282. The molecular weight excluding hydrogens is 354 g/mol. The van der Waals surface area contributed by atoms with Gasteiger partial charge in [-0.3, -0.25) is 9.59 Å². The highest BCUT2D eigenvalue weighted by Crippen LogP contribution is 2.16. The van der Waals surface area contributed by atoms with Crippen molar-refractivity contribution in [3.8, 4) is 23.3 Å². The number of ether oxygens (including phenoxy) is 1. The quantitative estimate of drug-likeness (QED) is 0.651. The summed E-state index contributed by atoms with van der Waals surface area (Å²) >= 11 is 0. The summed E-state index contributed by atoms with van der Waals surface area (Å²) in [5.41, 5.74) is 7.14. The highest BCUT2D eigenvalue weighted by Gasteiger charge is 2.07. The van der Waals surface area contributed by atoms with Crippen molar-refractivity contribution >= 4 is 11.8 Å². The maximum absolute atomic E-state index is 12.1. The van der Waals surface area contributed by atoms with Crippen molar-refractivity contribution in [1.82, 2.24) is 9.88 Å². The summed E-state index contributed by atoms with van der Waals surface area (Å²) in [5, 5.41) is 2.73. The highest BCUT2D eigenvalue weighted by molar-refractivity contribution is 5.95. The summed E-state index contributed by atoms with van der Waals surface area (Å²) in [4.78, 5) is 23.5. The zero-order chi connectivity index (χ0) is 19.8. The van der Waals surface area contributed by atoms with Crippen LogP contribution in [0.25, 0.3) is 5.69 Å². The molecule has 6 heteroatoms. The monoisotopic (exact) mass is 373 g/mol. The van der Waals surface area contributed by atoms with Crippen molar-refractivity contribution in [2.75, 3.05) is 13.2 Å². The zero-order valence-corrected chi connectivity index (χ0v) is 15.1. The number of hydrogen-bond donors (Lipinski definition) is 2. The minimum atomic E-state index is -0.557. The van der Waals surface area contributed by atoms with E-state index in [0.29, 0.717) is 16.9 Å². The molecule has 0 spiro atoms. The summed E-state index contributed by atoms with van der Waals surface area (Å²) < 4.78 is 7.41. The van der Waals surface area contributed by atoms with Crippen LogP contribution in [0.4, 0.5) is 0 Å². The second kappa shape index (κ2) is 9.10. The Bertz CT molecular complexity index is 1010. The molecule has 0 aliphatic heterocycles. The molecule has 0 aliphatic carbocycles. The van der Waals surface area contributed by atoms with Crippen LogP contribution in [0.5, 0.6) is 5.75 Å². The van der Waals surface area contributed by atoms with Crippen molar-refractivity contribution in [2.24, 2.45) is 5.73 Å². The summed E-state index contributed by atoms with van der Waals surface area (Å²) in [6.07, 6.45) is 3.88. The van der Waals surface area contributed by atoms with Crippen LogP contribution in [0.2, 0.25) is 0 Å². The summed E-state index contributed by atoms with van der Waals surface area (Å²) in [5.74, 6) is 5.23. The topological polar surface area (TPSA) is 86.4 Å². The van der Waals surface area contributed by atoms with Gasteiger partial charge in [-0.1, -0.05) is 24.0 Å².